The van der Waals surface area contributed by atoms with E-state index in [2.05, 4.69) is 10.2 Å². The molecule has 2 rings (SSSR count). The molecule has 4 heteroatoms. The summed E-state index contributed by atoms with van der Waals surface area (Å²) in [7, 11) is 0. The van der Waals surface area contributed by atoms with E-state index in [4.69, 9.17) is 0 Å². The number of rotatable bonds is 6. The quantitative estimate of drug-likeness (QED) is 0.857. The Morgan fingerprint density at radius 3 is 2.33 bits per heavy atom. The molecular formula is C17H20N2O2. The lowest BCUT2D eigenvalue weighted by atomic mass is 10.1. The SMILES string of the molecule is CC(=O)Nc1ccc(CN(CCO)c2ccccc2)cc1. The van der Waals surface area contributed by atoms with Crippen molar-refractivity contribution < 1.29 is 9.90 Å². The fraction of sp³-hybridized carbons (Fsp3) is 0.235. The largest absolute Gasteiger partial charge is 0.395 e. The molecule has 0 unspecified atom stereocenters. The minimum atomic E-state index is -0.0751. The summed E-state index contributed by atoms with van der Waals surface area (Å²) in [6.07, 6.45) is 0. The van der Waals surface area contributed by atoms with Crippen molar-refractivity contribution in [2.24, 2.45) is 0 Å². The third-order valence-corrected chi connectivity index (χ3v) is 3.14. The second-order valence-electron chi connectivity index (χ2n) is 4.86. The number of nitrogens with zero attached hydrogens (tertiary/aromatic N) is 1. The van der Waals surface area contributed by atoms with Gasteiger partial charge in [-0.3, -0.25) is 4.79 Å². The van der Waals surface area contributed by atoms with Gasteiger partial charge >= 0.3 is 0 Å². The number of carbonyl (C=O) groups is 1. The fourth-order valence-corrected chi connectivity index (χ4v) is 2.18. The Morgan fingerprint density at radius 2 is 1.76 bits per heavy atom. The van der Waals surface area contributed by atoms with Gasteiger partial charge in [-0.15, -0.1) is 0 Å². The highest BCUT2D eigenvalue weighted by Gasteiger charge is 2.06. The summed E-state index contributed by atoms with van der Waals surface area (Å²) in [5, 5.41) is 12.0. The van der Waals surface area contributed by atoms with Gasteiger partial charge in [0.05, 0.1) is 6.61 Å². The number of carbonyl (C=O) groups excluding carboxylic acids is 1. The molecule has 2 aromatic carbocycles. The molecule has 0 fully saturated rings. The smallest absolute Gasteiger partial charge is 0.221 e. The summed E-state index contributed by atoms with van der Waals surface area (Å²) in [4.78, 5) is 13.1. The number of hydrogen-bond donors (Lipinski definition) is 2. The highest BCUT2D eigenvalue weighted by atomic mass is 16.3. The Bertz CT molecular complexity index is 567. The molecule has 110 valence electrons. The highest BCUT2D eigenvalue weighted by molar-refractivity contribution is 5.88. The van der Waals surface area contributed by atoms with E-state index in [0.717, 1.165) is 16.9 Å². The second-order valence-corrected chi connectivity index (χ2v) is 4.86. The summed E-state index contributed by atoms with van der Waals surface area (Å²) in [6.45, 7) is 2.90. The van der Waals surface area contributed by atoms with Crippen LogP contribution in [0.5, 0.6) is 0 Å². The number of aliphatic hydroxyl groups excluding tert-OH is 1. The van der Waals surface area contributed by atoms with Gasteiger partial charge < -0.3 is 15.3 Å². The van der Waals surface area contributed by atoms with Crippen LogP contribution in [0, 0.1) is 0 Å². The van der Waals surface area contributed by atoms with E-state index in [1.807, 2.05) is 54.6 Å². The molecule has 0 aliphatic rings. The number of benzene rings is 2. The van der Waals surface area contributed by atoms with Crippen molar-refractivity contribution in [2.75, 3.05) is 23.4 Å². The van der Waals surface area contributed by atoms with Crippen LogP contribution in [0.1, 0.15) is 12.5 Å². The maximum absolute atomic E-state index is 11.0. The van der Waals surface area contributed by atoms with E-state index in [1.165, 1.54) is 6.92 Å². The lowest BCUT2D eigenvalue weighted by Crippen LogP contribution is -2.25. The minimum Gasteiger partial charge on any atom is -0.395 e. The number of aliphatic hydroxyl groups is 1. The standard InChI is InChI=1S/C17H20N2O2/c1-14(21)18-16-9-7-15(8-10-16)13-19(11-12-20)17-5-3-2-4-6-17/h2-10,20H,11-13H2,1H3,(H,18,21). The number of nitrogens with one attached hydrogen (secondary N) is 1. The number of amides is 1. The van der Waals surface area contributed by atoms with Crippen molar-refractivity contribution >= 4 is 17.3 Å². The van der Waals surface area contributed by atoms with Gasteiger partial charge in [0.1, 0.15) is 0 Å². The first-order chi connectivity index (χ1) is 10.2. The van der Waals surface area contributed by atoms with Gasteiger partial charge in [0.15, 0.2) is 0 Å². The van der Waals surface area contributed by atoms with Crippen molar-refractivity contribution in [3.05, 3.63) is 60.2 Å². The van der Waals surface area contributed by atoms with Crippen LogP contribution in [-0.2, 0) is 11.3 Å². The van der Waals surface area contributed by atoms with Gasteiger partial charge in [-0.1, -0.05) is 30.3 Å². The van der Waals surface area contributed by atoms with E-state index < -0.39 is 0 Å². The molecular weight excluding hydrogens is 264 g/mol. The second kappa shape index (κ2) is 7.45. The van der Waals surface area contributed by atoms with Gasteiger partial charge in [0.25, 0.3) is 0 Å². The summed E-state index contributed by atoms with van der Waals surface area (Å²) < 4.78 is 0. The van der Waals surface area contributed by atoms with Crippen LogP contribution in [0.2, 0.25) is 0 Å². The Kier molecular flexibility index (Phi) is 5.35. The Morgan fingerprint density at radius 1 is 1.10 bits per heavy atom. The molecule has 0 aliphatic heterocycles. The zero-order valence-electron chi connectivity index (χ0n) is 12.1. The lowest BCUT2D eigenvalue weighted by Gasteiger charge is -2.24. The third kappa shape index (κ3) is 4.61. The maximum atomic E-state index is 11.0. The van der Waals surface area contributed by atoms with E-state index in [0.29, 0.717) is 13.1 Å². The average molecular weight is 284 g/mol. The van der Waals surface area contributed by atoms with E-state index in [-0.39, 0.29) is 12.5 Å². The van der Waals surface area contributed by atoms with Gasteiger partial charge in [-0.05, 0) is 29.8 Å². The van der Waals surface area contributed by atoms with Crippen LogP contribution < -0.4 is 10.2 Å². The summed E-state index contributed by atoms with van der Waals surface area (Å²) in [5.74, 6) is -0.0751. The number of anilines is 2. The zero-order chi connectivity index (χ0) is 15.1. The van der Waals surface area contributed by atoms with Crippen LogP contribution in [0.25, 0.3) is 0 Å². The van der Waals surface area contributed by atoms with Crippen LogP contribution in [0.15, 0.2) is 54.6 Å². The van der Waals surface area contributed by atoms with E-state index >= 15 is 0 Å². The first-order valence-corrected chi connectivity index (χ1v) is 6.96. The van der Waals surface area contributed by atoms with Crippen LogP contribution in [0.4, 0.5) is 11.4 Å². The molecule has 2 N–H and O–H groups in total. The molecule has 0 aromatic heterocycles. The van der Waals surface area contributed by atoms with Crippen molar-refractivity contribution in [1.29, 1.82) is 0 Å². The molecule has 1 amide bonds. The molecule has 21 heavy (non-hydrogen) atoms. The van der Waals surface area contributed by atoms with Gasteiger partial charge in [-0.2, -0.15) is 0 Å². The Balaban J connectivity index is 2.08. The molecule has 0 heterocycles. The first-order valence-electron chi connectivity index (χ1n) is 6.96. The van der Waals surface area contributed by atoms with Crippen LogP contribution in [0.3, 0.4) is 0 Å². The van der Waals surface area contributed by atoms with Crippen molar-refractivity contribution in [3.8, 4) is 0 Å². The normalized spacial score (nSPS) is 10.2. The average Bonchev–Trinajstić information content (AvgIpc) is 2.49. The van der Waals surface area contributed by atoms with Gasteiger partial charge in [0, 0.05) is 31.4 Å². The minimum absolute atomic E-state index is 0.0751. The zero-order valence-corrected chi connectivity index (χ0v) is 12.1. The molecule has 0 aliphatic carbocycles. The molecule has 0 atom stereocenters. The van der Waals surface area contributed by atoms with Crippen molar-refractivity contribution in [2.45, 2.75) is 13.5 Å². The van der Waals surface area contributed by atoms with Crippen LogP contribution in [-0.4, -0.2) is 24.2 Å². The first kappa shape index (κ1) is 15.1. The molecule has 0 bridgehead atoms. The molecule has 0 saturated carbocycles. The Hall–Kier alpha value is -2.33. The molecule has 0 radical (unpaired) electrons. The third-order valence-electron chi connectivity index (χ3n) is 3.14. The van der Waals surface area contributed by atoms with Gasteiger partial charge in [0.2, 0.25) is 5.91 Å². The summed E-state index contributed by atoms with van der Waals surface area (Å²) in [5.41, 5.74) is 3.00. The summed E-state index contributed by atoms with van der Waals surface area (Å²) >= 11 is 0. The predicted octanol–water partition coefficient (Wildman–Crippen LogP) is 2.64. The Labute approximate surface area is 125 Å². The number of para-hydroxylation sites is 1. The topological polar surface area (TPSA) is 52.6 Å². The monoisotopic (exact) mass is 284 g/mol. The molecule has 0 saturated heterocycles. The maximum Gasteiger partial charge on any atom is 0.221 e. The summed E-state index contributed by atoms with van der Waals surface area (Å²) in [6, 6.07) is 17.7. The number of hydrogen-bond acceptors (Lipinski definition) is 3. The van der Waals surface area contributed by atoms with Gasteiger partial charge in [-0.25, -0.2) is 0 Å². The van der Waals surface area contributed by atoms with E-state index in [1.54, 1.807) is 0 Å². The van der Waals surface area contributed by atoms with Crippen LogP contribution >= 0.6 is 0 Å². The lowest BCUT2D eigenvalue weighted by molar-refractivity contribution is -0.114. The highest BCUT2D eigenvalue weighted by Crippen LogP contribution is 2.17. The van der Waals surface area contributed by atoms with E-state index in [9.17, 15) is 9.90 Å². The molecule has 4 nitrogen and oxygen atoms in total. The molecule has 2 aromatic rings. The van der Waals surface area contributed by atoms with Crippen molar-refractivity contribution in [1.82, 2.24) is 0 Å². The van der Waals surface area contributed by atoms with Crippen molar-refractivity contribution in [3.63, 3.8) is 0 Å². The fourth-order valence-electron chi connectivity index (χ4n) is 2.18. The molecule has 0 spiro atoms. The predicted molar refractivity (Wildman–Crippen MR) is 85.3 cm³/mol.